The van der Waals surface area contributed by atoms with Crippen LogP contribution >= 0.6 is 0 Å². The maximum atomic E-state index is 5.90. The van der Waals surface area contributed by atoms with Crippen molar-refractivity contribution in [1.82, 2.24) is 4.90 Å². The van der Waals surface area contributed by atoms with Crippen molar-refractivity contribution in [2.75, 3.05) is 13.1 Å². The molecule has 0 aliphatic carbocycles. The van der Waals surface area contributed by atoms with Crippen LogP contribution in [-0.2, 0) is 0 Å². The molecular formula is C11H24N2. The maximum absolute atomic E-state index is 5.90. The number of rotatable bonds is 3. The minimum Gasteiger partial charge on any atom is -0.328 e. The minimum atomic E-state index is 0.417. The van der Waals surface area contributed by atoms with Crippen molar-refractivity contribution in [3.63, 3.8) is 0 Å². The number of nitrogens with zero attached hydrogens (tertiary/aromatic N) is 1. The highest BCUT2D eigenvalue weighted by molar-refractivity contribution is 4.87. The monoisotopic (exact) mass is 184 g/mol. The summed E-state index contributed by atoms with van der Waals surface area (Å²) in [6, 6.07) is 0.453. The van der Waals surface area contributed by atoms with E-state index in [1.54, 1.807) is 0 Å². The van der Waals surface area contributed by atoms with Crippen LogP contribution in [-0.4, -0.2) is 29.6 Å². The van der Waals surface area contributed by atoms with Gasteiger partial charge in [-0.25, -0.2) is 0 Å². The van der Waals surface area contributed by atoms with Gasteiger partial charge in [0.05, 0.1) is 0 Å². The summed E-state index contributed by atoms with van der Waals surface area (Å²) in [6.07, 6.45) is 4.85. The fourth-order valence-electron chi connectivity index (χ4n) is 2.14. The number of piperidine rings is 1. The Morgan fingerprint density at radius 2 is 1.69 bits per heavy atom. The molecule has 78 valence electrons. The van der Waals surface area contributed by atoms with Crippen LogP contribution in [0.25, 0.3) is 0 Å². The van der Waals surface area contributed by atoms with E-state index in [1.807, 2.05) is 0 Å². The summed E-state index contributed by atoms with van der Waals surface area (Å²) >= 11 is 0. The Labute approximate surface area is 82.5 Å². The molecular weight excluding hydrogens is 160 g/mol. The highest BCUT2D eigenvalue weighted by Crippen LogP contribution is 2.26. The standard InChI is InChI=1S/C11H24N2/c1-4-11(3,5-2)13-8-6-10(12)7-9-13/h10H,4-9,12H2,1-3H3. The van der Waals surface area contributed by atoms with Crippen molar-refractivity contribution in [3.05, 3.63) is 0 Å². The van der Waals surface area contributed by atoms with Crippen LogP contribution in [0.4, 0.5) is 0 Å². The lowest BCUT2D eigenvalue weighted by atomic mass is 9.90. The van der Waals surface area contributed by atoms with E-state index in [4.69, 9.17) is 5.73 Å². The van der Waals surface area contributed by atoms with Gasteiger partial charge >= 0.3 is 0 Å². The van der Waals surface area contributed by atoms with Crippen LogP contribution in [0.15, 0.2) is 0 Å². The molecule has 2 heteroatoms. The number of likely N-dealkylation sites (tertiary alicyclic amines) is 1. The van der Waals surface area contributed by atoms with Crippen LogP contribution < -0.4 is 5.73 Å². The Morgan fingerprint density at radius 1 is 1.23 bits per heavy atom. The maximum Gasteiger partial charge on any atom is 0.0176 e. The zero-order chi connectivity index (χ0) is 9.90. The van der Waals surface area contributed by atoms with E-state index in [0.717, 1.165) is 0 Å². The van der Waals surface area contributed by atoms with E-state index in [-0.39, 0.29) is 0 Å². The van der Waals surface area contributed by atoms with Crippen molar-refractivity contribution in [2.45, 2.75) is 58.0 Å². The van der Waals surface area contributed by atoms with E-state index >= 15 is 0 Å². The lowest BCUT2D eigenvalue weighted by molar-refractivity contribution is 0.0678. The SMILES string of the molecule is CCC(C)(CC)N1CCC(N)CC1. The van der Waals surface area contributed by atoms with Crippen LogP contribution in [0.3, 0.4) is 0 Å². The Hall–Kier alpha value is -0.0800. The average Bonchev–Trinajstić information content (AvgIpc) is 2.18. The molecule has 2 N–H and O–H groups in total. The Kier molecular flexibility index (Phi) is 3.74. The summed E-state index contributed by atoms with van der Waals surface area (Å²) in [7, 11) is 0. The first kappa shape index (κ1) is 11.0. The van der Waals surface area contributed by atoms with Crippen LogP contribution in [0.1, 0.15) is 46.5 Å². The molecule has 0 saturated carbocycles. The Bertz CT molecular complexity index is 144. The topological polar surface area (TPSA) is 29.3 Å². The number of hydrogen-bond acceptors (Lipinski definition) is 2. The van der Waals surface area contributed by atoms with Crippen molar-refractivity contribution in [1.29, 1.82) is 0 Å². The molecule has 0 aromatic heterocycles. The van der Waals surface area contributed by atoms with Gasteiger partial charge in [-0.1, -0.05) is 13.8 Å². The first-order valence-corrected chi connectivity index (χ1v) is 5.63. The second kappa shape index (κ2) is 4.43. The smallest absolute Gasteiger partial charge is 0.0176 e. The van der Waals surface area contributed by atoms with Crippen LogP contribution in [0, 0.1) is 0 Å². The molecule has 1 aliphatic heterocycles. The summed E-state index contributed by atoms with van der Waals surface area (Å²) in [5, 5.41) is 0. The van der Waals surface area contributed by atoms with Crippen molar-refractivity contribution in [3.8, 4) is 0 Å². The van der Waals surface area contributed by atoms with Gasteiger partial charge in [0.2, 0.25) is 0 Å². The fraction of sp³-hybridized carbons (Fsp3) is 1.00. The first-order chi connectivity index (χ1) is 6.12. The molecule has 0 atom stereocenters. The minimum absolute atomic E-state index is 0.417. The molecule has 0 spiro atoms. The van der Waals surface area contributed by atoms with Gasteiger partial charge < -0.3 is 5.73 Å². The van der Waals surface area contributed by atoms with Gasteiger partial charge in [0.15, 0.2) is 0 Å². The first-order valence-electron chi connectivity index (χ1n) is 5.63. The van der Waals surface area contributed by atoms with E-state index < -0.39 is 0 Å². The molecule has 0 aromatic carbocycles. The summed E-state index contributed by atoms with van der Waals surface area (Å²) in [4.78, 5) is 2.62. The van der Waals surface area contributed by atoms with Crippen molar-refractivity contribution in [2.24, 2.45) is 5.73 Å². The quantitative estimate of drug-likeness (QED) is 0.727. The zero-order valence-corrected chi connectivity index (χ0v) is 9.34. The predicted molar refractivity (Wildman–Crippen MR) is 57.8 cm³/mol. The van der Waals surface area contributed by atoms with Gasteiger partial charge in [0.1, 0.15) is 0 Å². The Morgan fingerprint density at radius 3 is 2.08 bits per heavy atom. The summed E-state index contributed by atoms with van der Waals surface area (Å²) in [6.45, 7) is 9.35. The fourth-order valence-corrected chi connectivity index (χ4v) is 2.14. The highest BCUT2D eigenvalue weighted by Gasteiger charge is 2.30. The highest BCUT2D eigenvalue weighted by atomic mass is 15.2. The molecule has 0 bridgehead atoms. The van der Waals surface area contributed by atoms with Gasteiger partial charge in [0, 0.05) is 24.7 Å². The largest absolute Gasteiger partial charge is 0.328 e. The second-order valence-electron chi connectivity index (χ2n) is 4.53. The van der Waals surface area contributed by atoms with E-state index in [2.05, 4.69) is 25.7 Å². The van der Waals surface area contributed by atoms with E-state index in [0.29, 0.717) is 11.6 Å². The third kappa shape index (κ3) is 2.44. The normalized spacial score (nSPS) is 22.2. The van der Waals surface area contributed by atoms with Crippen LogP contribution in [0.5, 0.6) is 0 Å². The van der Waals surface area contributed by atoms with Gasteiger partial charge in [-0.3, -0.25) is 4.90 Å². The lowest BCUT2D eigenvalue weighted by Crippen LogP contribution is -2.51. The predicted octanol–water partition coefficient (Wildman–Crippen LogP) is 1.99. The van der Waals surface area contributed by atoms with Gasteiger partial charge in [0.25, 0.3) is 0 Å². The van der Waals surface area contributed by atoms with Crippen molar-refractivity contribution >= 4 is 0 Å². The molecule has 0 radical (unpaired) electrons. The molecule has 1 fully saturated rings. The summed E-state index contributed by atoms with van der Waals surface area (Å²) < 4.78 is 0. The lowest BCUT2D eigenvalue weighted by Gasteiger charge is -2.44. The molecule has 0 aromatic rings. The van der Waals surface area contributed by atoms with Crippen molar-refractivity contribution < 1.29 is 0 Å². The molecule has 1 aliphatic rings. The summed E-state index contributed by atoms with van der Waals surface area (Å²) in [5.74, 6) is 0. The zero-order valence-electron chi connectivity index (χ0n) is 9.34. The molecule has 1 rings (SSSR count). The third-order valence-electron chi connectivity index (χ3n) is 3.83. The number of hydrogen-bond donors (Lipinski definition) is 1. The molecule has 0 amide bonds. The molecule has 13 heavy (non-hydrogen) atoms. The summed E-state index contributed by atoms with van der Waals surface area (Å²) in [5.41, 5.74) is 6.31. The number of nitrogens with two attached hydrogens (primary N) is 1. The molecule has 1 saturated heterocycles. The molecule has 2 nitrogen and oxygen atoms in total. The van der Waals surface area contributed by atoms with E-state index in [9.17, 15) is 0 Å². The average molecular weight is 184 g/mol. The molecule has 1 heterocycles. The molecule has 0 unspecified atom stereocenters. The van der Waals surface area contributed by atoms with Gasteiger partial charge in [-0.05, 0) is 32.6 Å². The van der Waals surface area contributed by atoms with Gasteiger partial charge in [-0.2, -0.15) is 0 Å². The van der Waals surface area contributed by atoms with Crippen LogP contribution in [0.2, 0.25) is 0 Å². The third-order valence-corrected chi connectivity index (χ3v) is 3.83. The second-order valence-corrected chi connectivity index (χ2v) is 4.53. The van der Waals surface area contributed by atoms with Gasteiger partial charge in [-0.15, -0.1) is 0 Å². The van der Waals surface area contributed by atoms with E-state index in [1.165, 1.54) is 38.8 Å². The Balaban J connectivity index is 2.51.